The second kappa shape index (κ2) is 16.2. The molecule has 17 heteroatoms. The first-order valence-electron chi connectivity index (χ1n) is 23.9. The zero-order chi connectivity index (χ0) is 48.4. The number of carbonyl (C=O) groups is 4. The number of hydrogen-bond acceptors (Lipinski definition) is 10. The van der Waals surface area contributed by atoms with Crippen LogP contribution in [-0.4, -0.2) is 93.1 Å². The van der Waals surface area contributed by atoms with Crippen LogP contribution in [0.2, 0.25) is 5.15 Å². The highest BCUT2D eigenvalue weighted by Gasteiger charge is 2.57. The first kappa shape index (κ1) is 46.0. The molecule has 2 aliphatic carbocycles. The lowest BCUT2D eigenvalue weighted by Gasteiger charge is -2.35. The maximum Gasteiger partial charge on any atom is 0.407 e. The van der Waals surface area contributed by atoms with E-state index in [9.17, 15) is 19.2 Å². The summed E-state index contributed by atoms with van der Waals surface area (Å²) in [4.78, 5) is 74.7. The van der Waals surface area contributed by atoms with Crippen LogP contribution in [-0.2, 0) is 32.3 Å². The molecule has 2 saturated heterocycles. The smallest absolute Gasteiger partial charge is 0.407 e. The maximum absolute atomic E-state index is 14.4. The highest BCUT2D eigenvalue weighted by molar-refractivity contribution is 6.32. The standard InChI is InChI=1S/C51H63ClN8O8/c1-25(2)36-37(54-42(53-36)30-19-50(11-12-50)23-59(30)44(61)39(48(3,4)5)56-46(63)65-9)26-15-28-21-68-33-18-27(16-29-22-67-32(17-26)34(28)35(29)33)38-41(52)58-43(55-38)31-20-51(13-14-51)24-60(31)45(62)40(49(6,7)8)57-47(64)66-10/h15-18,25,30-31,39-40H,11-14,19-24H2,1-10H3,(H,53,54)(H,55,58)(H,56,63)(H,57,64)/t30-,31-,39+,40+/m0/s1. The van der Waals surface area contributed by atoms with Crippen LogP contribution in [0.4, 0.5) is 9.59 Å². The molecule has 4 N–H and O–H groups in total. The lowest BCUT2D eigenvalue weighted by Crippen LogP contribution is -2.54. The number of nitrogens with zero attached hydrogens (tertiary/aromatic N) is 4. The number of imidazole rings is 2. The number of benzene rings is 2. The van der Waals surface area contributed by atoms with Crippen LogP contribution < -0.4 is 20.1 Å². The second-order valence-corrected chi connectivity index (χ2v) is 23.0. The van der Waals surface area contributed by atoms with E-state index in [1.807, 2.05) is 57.4 Å². The van der Waals surface area contributed by atoms with Crippen LogP contribution in [0.5, 0.6) is 11.5 Å². The molecule has 0 bridgehead atoms. The van der Waals surface area contributed by atoms with Gasteiger partial charge < -0.3 is 49.3 Å². The van der Waals surface area contributed by atoms with Crippen molar-refractivity contribution in [1.29, 1.82) is 0 Å². The van der Waals surface area contributed by atoms with Crippen molar-refractivity contribution in [2.24, 2.45) is 21.7 Å². The number of likely N-dealkylation sites (tertiary alicyclic amines) is 2. The highest BCUT2D eigenvalue weighted by atomic mass is 35.5. The number of amides is 4. The predicted molar refractivity (Wildman–Crippen MR) is 254 cm³/mol. The van der Waals surface area contributed by atoms with E-state index in [0.717, 1.165) is 94.9 Å². The second-order valence-electron chi connectivity index (χ2n) is 22.7. The summed E-state index contributed by atoms with van der Waals surface area (Å²) in [5, 5.41) is 5.90. The molecule has 6 aliphatic rings. The number of nitrogens with one attached hydrogen (secondary N) is 4. The van der Waals surface area contributed by atoms with E-state index in [1.54, 1.807) is 0 Å². The van der Waals surface area contributed by atoms with Crippen LogP contribution in [0.15, 0.2) is 24.3 Å². The van der Waals surface area contributed by atoms with E-state index in [2.05, 4.69) is 52.6 Å². The summed E-state index contributed by atoms with van der Waals surface area (Å²) < 4.78 is 23.0. The van der Waals surface area contributed by atoms with Gasteiger partial charge in [-0.15, -0.1) is 0 Å². The third-order valence-electron chi connectivity index (χ3n) is 15.2. The van der Waals surface area contributed by atoms with Crippen LogP contribution >= 0.6 is 11.6 Å². The minimum atomic E-state index is -0.805. The van der Waals surface area contributed by atoms with Crippen molar-refractivity contribution in [3.8, 4) is 45.1 Å². The SMILES string of the molecule is COC(=O)N[C@H](C(=O)N1CC2(CC2)C[C@H]1c1nc(Cl)c(-c2cc3c4c(c2)OCc2cc(-c5[nH]c([C@@H]6CC7(CC7)CN6C(=O)[C@@H](NC(=O)OC)C(C)(C)C)nc5C(C)C)cc(c2-4)OC3)[nH]1)C(C)(C)C. The molecule has 2 spiro atoms. The van der Waals surface area contributed by atoms with Crippen LogP contribution in [0.1, 0.15) is 140 Å². The van der Waals surface area contributed by atoms with Gasteiger partial charge in [0.25, 0.3) is 0 Å². The number of aromatic nitrogens is 4. The molecular weight excluding hydrogens is 888 g/mol. The zero-order valence-electron chi connectivity index (χ0n) is 40.7. The van der Waals surface area contributed by atoms with Crippen molar-refractivity contribution in [3.05, 3.63) is 57.9 Å². The molecule has 16 nitrogen and oxygen atoms in total. The molecular formula is C51H63ClN8O8. The molecule has 0 radical (unpaired) electrons. The Morgan fingerprint density at radius 1 is 0.706 bits per heavy atom. The number of carbonyl (C=O) groups excluding carboxylic acids is 4. The average Bonchev–Trinajstić information content (AvgIpc) is 3.95. The maximum atomic E-state index is 14.4. The van der Waals surface area contributed by atoms with Crippen molar-refractivity contribution in [3.63, 3.8) is 0 Å². The molecule has 2 saturated carbocycles. The average molecular weight is 952 g/mol. The molecule has 4 fully saturated rings. The minimum Gasteiger partial charge on any atom is -0.488 e. The molecule has 4 aromatic rings. The predicted octanol–water partition coefficient (Wildman–Crippen LogP) is 9.34. The Kier molecular flexibility index (Phi) is 10.9. The first-order valence-corrected chi connectivity index (χ1v) is 24.2. The van der Waals surface area contributed by atoms with Gasteiger partial charge in [-0.05, 0) is 90.4 Å². The zero-order valence-corrected chi connectivity index (χ0v) is 41.5. The fourth-order valence-electron chi connectivity index (χ4n) is 11.0. The van der Waals surface area contributed by atoms with Gasteiger partial charge in [0, 0.05) is 46.5 Å². The fraction of sp³-hybridized carbons (Fsp3) is 0.569. The molecule has 2 aromatic carbocycles. The minimum absolute atomic E-state index is 0.0222. The Hall–Kier alpha value is -5.77. The molecule has 68 heavy (non-hydrogen) atoms. The summed E-state index contributed by atoms with van der Waals surface area (Å²) in [7, 11) is 2.60. The number of methoxy groups -OCH3 is 2. The van der Waals surface area contributed by atoms with E-state index in [-0.39, 0.29) is 40.6 Å². The van der Waals surface area contributed by atoms with Crippen molar-refractivity contribution in [2.45, 2.75) is 137 Å². The summed E-state index contributed by atoms with van der Waals surface area (Å²) in [5.74, 6) is 2.55. The van der Waals surface area contributed by atoms with Gasteiger partial charge in [0.1, 0.15) is 48.4 Å². The van der Waals surface area contributed by atoms with Crippen molar-refractivity contribution in [1.82, 2.24) is 40.4 Å². The number of alkyl carbamates (subject to hydrolysis) is 2. The number of aromatic amines is 2. The number of hydrogen-bond donors (Lipinski definition) is 4. The first-order chi connectivity index (χ1) is 32.1. The highest BCUT2D eigenvalue weighted by Crippen LogP contribution is 2.60. The van der Waals surface area contributed by atoms with Gasteiger partial charge in [0.15, 0.2) is 5.15 Å². The molecule has 2 aromatic heterocycles. The Morgan fingerprint density at radius 2 is 1.13 bits per heavy atom. The summed E-state index contributed by atoms with van der Waals surface area (Å²) in [6.45, 7) is 17.6. The molecule has 10 rings (SSSR count). The van der Waals surface area contributed by atoms with Gasteiger partial charge >= 0.3 is 12.2 Å². The monoisotopic (exact) mass is 950 g/mol. The van der Waals surface area contributed by atoms with E-state index >= 15 is 0 Å². The van der Waals surface area contributed by atoms with Crippen molar-refractivity contribution in [2.75, 3.05) is 27.3 Å². The summed E-state index contributed by atoms with van der Waals surface area (Å²) in [5.41, 5.74) is 6.96. The van der Waals surface area contributed by atoms with Crippen LogP contribution in [0, 0.1) is 21.7 Å². The van der Waals surface area contributed by atoms with Crippen molar-refractivity contribution < 1.29 is 38.1 Å². The lowest BCUT2D eigenvalue weighted by molar-refractivity contribution is -0.138. The molecule has 4 amide bonds. The van der Waals surface area contributed by atoms with Gasteiger partial charge in [-0.25, -0.2) is 19.6 Å². The van der Waals surface area contributed by atoms with E-state index in [4.69, 9.17) is 40.5 Å². The van der Waals surface area contributed by atoms with Crippen LogP contribution in [0.3, 0.4) is 0 Å². The van der Waals surface area contributed by atoms with Gasteiger partial charge in [-0.1, -0.05) is 67.0 Å². The van der Waals surface area contributed by atoms with Gasteiger partial charge in [-0.3, -0.25) is 9.59 Å². The number of rotatable bonds is 9. The van der Waals surface area contributed by atoms with Crippen molar-refractivity contribution >= 4 is 35.6 Å². The topological polar surface area (TPSA) is 193 Å². The Balaban J connectivity index is 0.948. The largest absolute Gasteiger partial charge is 0.488 e. The van der Waals surface area contributed by atoms with Gasteiger partial charge in [-0.2, -0.15) is 0 Å². The molecule has 4 atom stereocenters. The van der Waals surface area contributed by atoms with Crippen LogP contribution in [0.25, 0.3) is 33.6 Å². The quantitative estimate of drug-likeness (QED) is 0.126. The molecule has 362 valence electrons. The van der Waals surface area contributed by atoms with Gasteiger partial charge in [0.05, 0.1) is 43.4 Å². The summed E-state index contributed by atoms with van der Waals surface area (Å²) in [6, 6.07) is 6.06. The molecule has 6 heterocycles. The van der Waals surface area contributed by atoms with E-state index < -0.39 is 35.1 Å². The number of H-pyrrole nitrogens is 2. The van der Waals surface area contributed by atoms with E-state index in [0.29, 0.717) is 48.7 Å². The number of halogens is 1. The van der Waals surface area contributed by atoms with Gasteiger partial charge in [0.2, 0.25) is 11.8 Å². The molecule has 4 aliphatic heterocycles. The Morgan fingerprint density at radius 3 is 1.54 bits per heavy atom. The fourth-order valence-corrected chi connectivity index (χ4v) is 11.3. The molecule has 0 unspecified atom stereocenters. The normalized spacial score (nSPS) is 21.2. The van der Waals surface area contributed by atoms with E-state index in [1.165, 1.54) is 14.2 Å². The number of ether oxygens (including phenoxy) is 4. The lowest BCUT2D eigenvalue weighted by atomic mass is 9.85. The summed E-state index contributed by atoms with van der Waals surface area (Å²) in [6.07, 6.45) is 4.40. The third kappa shape index (κ3) is 8.03. The summed E-state index contributed by atoms with van der Waals surface area (Å²) >= 11 is 6.98. The Bertz CT molecular complexity index is 2690. The Labute approximate surface area is 401 Å². The third-order valence-corrected chi connectivity index (χ3v) is 15.5.